The number of ether oxygens (including phenoxy) is 1. The van der Waals surface area contributed by atoms with Gasteiger partial charge in [0.05, 0.1) is 15.6 Å². The third-order valence-corrected chi connectivity index (χ3v) is 4.11. The fourth-order valence-electron chi connectivity index (χ4n) is 1.53. The summed E-state index contributed by atoms with van der Waals surface area (Å²) in [5.41, 5.74) is 5.53. The number of rotatable bonds is 3. The predicted molar refractivity (Wildman–Crippen MR) is 86.5 cm³/mol. The molecule has 0 aliphatic carbocycles. The van der Waals surface area contributed by atoms with Crippen molar-refractivity contribution in [1.29, 1.82) is 0 Å². The lowest BCUT2D eigenvalue weighted by molar-refractivity contribution is 0.475. The van der Waals surface area contributed by atoms with Crippen molar-refractivity contribution in [2.75, 3.05) is 0 Å². The first-order chi connectivity index (χ1) is 9.40. The maximum absolute atomic E-state index is 13.7. The number of halogens is 4. The average Bonchev–Trinajstić information content (AvgIpc) is 2.35. The van der Waals surface area contributed by atoms with Crippen molar-refractivity contribution in [3.8, 4) is 11.5 Å². The molecule has 2 aromatic carbocycles. The highest BCUT2D eigenvalue weighted by atomic mass is 79.9. The van der Waals surface area contributed by atoms with E-state index in [4.69, 9.17) is 45.9 Å². The summed E-state index contributed by atoms with van der Waals surface area (Å²) in [6.07, 6.45) is 0. The molecule has 2 nitrogen and oxygen atoms in total. The van der Waals surface area contributed by atoms with Gasteiger partial charge in [0.1, 0.15) is 22.3 Å². The van der Waals surface area contributed by atoms with Crippen LogP contribution >= 0.6 is 51.3 Å². The molecule has 2 N–H and O–H groups in total. The predicted octanol–water partition coefficient (Wildman–Crippen LogP) is 5.32. The lowest BCUT2D eigenvalue weighted by Crippen LogP contribution is -2.13. The molecular formula is C13H7BrCl2FNOS. The van der Waals surface area contributed by atoms with Gasteiger partial charge in [0.25, 0.3) is 0 Å². The largest absolute Gasteiger partial charge is 0.455 e. The van der Waals surface area contributed by atoms with Crippen LogP contribution in [0, 0.1) is 5.82 Å². The van der Waals surface area contributed by atoms with E-state index in [0.29, 0.717) is 14.5 Å². The summed E-state index contributed by atoms with van der Waals surface area (Å²) < 4.78 is 19.9. The molecular weight excluding hydrogens is 388 g/mol. The van der Waals surface area contributed by atoms with Crippen LogP contribution in [0.3, 0.4) is 0 Å². The zero-order valence-corrected chi connectivity index (χ0v) is 13.7. The van der Waals surface area contributed by atoms with E-state index in [2.05, 4.69) is 15.9 Å². The minimum absolute atomic E-state index is 0.0256. The Balaban J connectivity index is 2.48. The first-order valence-electron chi connectivity index (χ1n) is 5.31. The van der Waals surface area contributed by atoms with Gasteiger partial charge in [-0.3, -0.25) is 0 Å². The Kier molecular flexibility index (Phi) is 4.86. The highest BCUT2D eigenvalue weighted by molar-refractivity contribution is 9.10. The average molecular weight is 395 g/mol. The Morgan fingerprint density at radius 3 is 2.55 bits per heavy atom. The maximum Gasteiger partial charge on any atom is 0.147 e. The lowest BCUT2D eigenvalue weighted by Gasteiger charge is -2.12. The van der Waals surface area contributed by atoms with Crippen molar-refractivity contribution >= 4 is 56.3 Å². The summed E-state index contributed by atoms with van der Waals surface area (Å²) in [7, 11) is 0. The molecule has 20 heavy (non-hydrogen) atoms. The molecule has 0 amide bonds. The van der Waals surface area contributed by atoms with Gasteiger partial charge < -0.3 is 10.5 Å². The normalized spacial score (nSPS) is 10.4. The molecule has 0 saturated carbocycles. The van der Waals surface area contributed by atoms with Crippen molar-refractivity contribution < 1.29 is 9.13 Å². The molecule has 0 bridgehead atoms. The fourth-order valence-corrected chi connectivity index (χ4v) is 2.56. The van der Waals surface area contributed by atoms with Crippen LogP contribution < -0.4 is 10.5 Å². The molecule has 0 unspecified atom stereocenters. The van der Waals surface area contributed by atoms with Crippen LogP contribution in [0.4, 0.5) is 4.39 Å². The van der Waals surface area contributed by atoms with Crippen LogP contribution in [-0.4, -0.2) is 4.99 Å². The molecule has 2 rings (SSSR count). The number of hydrogen-bond acceptors (Lipinski definition) is 2. The van der Waals surface area contributed by atoms with E-state index >= 15 is 0 Å². The standard InChI is InChI=1S/C13H7BrCl2FNOS/c14-6-4-8(16)11(5-7(6)15)19-10-3-1-2-9(17)12(10)13(18)20/h1-5H,(H2,18,20). The van der Waals surface area contributed by atoms with E-state index in [9.17, 15) is 4.39 Å². The Morgan fingerprint density at radius 2 is 1.90 bits per heavy atom. The number of thiocarbonyl (C=S) groups is 1. The molecule has 0 aliphatic rings. The van der Waals surface area contributed by atoms with E-state index in [1.807, 2.05) is 0 Å². The number of benzene rings is 2. The third kappa shape index (κ3) is 3.23. The third-order valence-electron chi connectivity index (χ3n) is 2.42. The molecule has 0 fully saturated rings. The van der Waals surface area contributed by atoms with Crippen molar-refractivity contribution in [2.24, 2.45) is 5.73 Å². The summed E-state index contributed by atoms with van der Waals surface area (Å²) in [5.74, 6) is -0.102. The van der Waals surface area contributed by atoms with Crippen molar-refractivity contribution in [1.82, 2.24) is 0 Å². The van der Waals surface area contributed by atoms with Crippen LogP contribution in [0.15, 0.2) is 34.8 Å². The summed E-state index contributed by atoms with van der Waals surface area (Å²) in [6, 6.07) is 7.38. The van der Waals surface area contributed by atoms with E-state index in [1.165, 1.54) is 18.2 Å². The molecule has 7 heteroatoms. The monoisotopic (exact) mass is 393 g/mol. The van der Waals surface area contributed by atoms with Crippen LogP contribution in [0.2, 0.25) is 10.0 Å². The minimum Gasteiger partial charge on any atom is -0.455 e. The second kappa shape index (κ2) is 6.26. The van der Waals surface area contributed by atoms with Crippen LogP contribution in [0.1, 0.15) is 5.56 Å². The van der Waals surface area contributed by atoms with Gasteiger partial charge in [-0.1, -0.05) is 41.5 Å². The van der Waals surface area contributed by atoms with Crippen LogP contribution in [0.5, 0.6) is 11.5 Å². The fraction of sp³-hybridized carbons (Fsp3) is 0. The second-order valence-corrected chi connectivity index (χ2v) is 5.88. The van der Waals surface area contributed by atoms with Crippen molar-refractivity contribution in [3.05, 3.63) is 56.2 Å². The highest BCUT2D eigenvalue weighted by Gasteiger charge is 2.15. The van der Waals surface area contributed by atoms with Crippen molar-refractivity contribution in [3.63, 3.8) is 0 Å². The maximum atomic E-state index is 13.7. The molecule has 0 saturated heterocycles. The van der Waals surface area contributed by atoms with Gasteiger partial charge in [0.2, 0.25) is 0 Å². The number of nitrogens with two attached hydrogens (primary N) is 1. The molecule has 0 aliphatic heterocycles. The highest BCUT2D eigenvalue weighted by Crippen LogP contribution is 2.37. The zero-order valence-electron chi connectivity index (χ0n) is 9.79. The van der Waals surface area contributed by atoms with Crippen LogP contribution in [0.25, 0.3) is 0 Å². The summed E-state index contributed by atoms with van der Waals surface area (Å²) >= 11 is 20.1. The lowest BCUT2D eigenvalue weighted by atomic mass is 10.2. The zero-order chi connectivity index (χ0) is 14.9. The van der Waals surface area contributed by atoms with E-state index in [1.54, 1.807) is 12.1 Å². The van der Waals surface area contributed by atoms with Gasteiger partial charge in [-0.2, -0.15) is 0 Å². The Bertz CT molecular complexity index is 696. The smallest absolute Gasteiger partial charge is 0.147 e. The molecule has 2 aromatic rings. The van der Waals surface area contributed by atoms with E-state index < -0.39 is 5.82 Å². The van der Waals surface area contributed by atoms with E-state index in [-0.39, 0.29) is 22.1 Å². The number of hydrogen-bond donors (Lipinski definition) is 1. The Hall–Kier alpha value is -0.880. The quantitative estimate of drug-likeness (QED) is 0.565. The van der Waals surface area contributed by atoms with Gasteiger partial charge in [-0.15, -0.1) is 0 Å². The topological polar surface area (TPSA) is 35.2 Å². The molecule has 0 spiro atoms. The molecule has 0 heterocycles. The minimum atomic E-state index is -0.561. The Morgan fingerprint density at radius 1 is 1.20 bits per heavy atom. The molecule has 0 radical (unpaired) electrons. The summed E-state index contributed by atoms with van der Waals surface area (Å²) in [4.78, 5) is -0.0996. The van der Waals surface area contributed by atoms with Gasteiger partial charge >= 0.3 is 0 Å². The summed E-state index contributed by atoms with van der Waals surface area (Å²) in [5, 5.41) is 0.733. The summed E-state index contributed by atoms with van der Waals surface area (Å²) in [6.45, 7) is 0. The second-order valence-electron chi connectivity index (χ2n) is 3.78. The molecule has 0 aromatic heterocycles. The Labute approximate surface area is 138 Å². The van der Waals surface area contributed by atoms with Crippen molar-refractivity contribution in [2.45, 2.75) is 0 Å². The van der Waals surface area contributed by atoms with Gasteiger partial charge in [0.15, 0.2) is 0 Å². The van der Waals surface area contributed by atoms with Crippen LogP contribution in [-0.2, 0) is 0 Å². The first-order valence-corrected chi connectivity index (χ1v) is 7.26. The SMILES string of the molecule is NC(=S)c1c(F)cccc1Oc1cc(Cl)c(Br)cc1Cl. The molecule has 104 valence electrons. The van der Waals surface area contributed by atoms with Gasteiger partial charge in [-0.05, 0) is 34.1 Å². The first kappa shape index (κ1) is 15.5. The van der Waals surface area contributed by atoms with E-state index in [0.717, 1.165) is 0 Å². The van der Waals surface area contributed by atoms with Gasteiger partial charge in [0, 0.05) is 10.5 Å². The molecule has 0 atom stereocenters. The van der Waals surface area contributed by atoms with Gasteiger partial charge in [-0.25, -0.2) is 4.39 Å².